The quantitative estimate of drug-likeness (QED) is 0.297. The average molecular weight is 629 g/mol. The molecule has 44 heavy (non-hydrogen) atoms. The average Bonchev–Trinajstić information content (AvgIpc) is 3.80. The van der Waals surface area contributed by atoms with E-state index in [1.165, 1.54) is 22.7 Å². The van der Waals surface area contributed by atoms with Crippen LogP contribution in [0.1, 0.15) is 43.2 Å². The zero-order valence-corrected chi connectivity index (χ0v) is 26.1. The van der Waals surface area contributed by atoms with E-state index in [1.807, 2.05) is 65.7 Å². The molecule has 2 aliphatic heterocycles. The number of nitrogens with zero attached hydrogens (tertiary/aromatic N) is 3. The van der Waals surface area contributed by atoms with Crippen LogP contribution in [0, 0.1) is 0 Å². The van der Waals surface area contributed by atoms with Gasteiger partial charge in [0, 0.05) is 23.7 Å². The molecule has 0 radical (unpaired) electrons. The van der Waals surface area contributed by atoms with Crippen molar-refractivity contribution in [2.24, 2.45) is 4.99 Å². The summed E-state index contributed by atoms with van der Waals surface area (Å²) in [5.74, 6) is 0.628. The first-order valence-corrected chi connectivity index (χ1v) is 16.2. The first kappa shape index (κ1) is 29.6. The van der Waals surface area contributed by atoms with Crippen molar-refractivity contribution in [2.45, 2.75) is 32.7 Å². The number of carbonyl (C=O) groups is 2. The molecule has 1 atom stereocenters. The topological polar surface area (TPSA) is 102 Å². The molecule has 1 fully saturated rings. The van der Waals surface area contributed by atoms with Crippen LogP contribution in [0.4, 0.5) is 5.69 Å². The number of fused-ring (bicyclic) bond motifs is 1. The van der Waals surface area contributed by atoms with Gasteiger partial charge >= 0.3 is 0 Å². The fourth-order valence-electron chi connectivity index (χ4n) is 5.40. The van der Waals surface area contributed by atoms with Crippen LogP contribution in [0.25, 0.3) is 6.08 Å². The minimum absolute atomic E-state index is 0.0393. The molecule has 1 N–H and O–H groups in total. The normalized spacial score (nSPS) is 16.5. The maximum absolute atomic E-state index is 14.0. The third kappa shape index (κ3) is 6.11. The maximum atomic E-state index is 14.0. The summed E-state index contributed by atoms with van der Waals surface area (Å²) in [6.07, 6.45) is 3.83. The molecule has 9 nitrogen and oxygen atoms in total. The van der Waals surface area contributed by atoms with Gasteiger partial charge in [-0.25, -0.2) is 4.99 Å². The van der Waals surface area contributed by atoms with Crippen molar-refractivity contribution in [1.82, 2.24) is 9.47 Å². The first-order valence-electron chi connectivity index (χ1n) is 14.5. The number of anilines is 1. The predicted octanol–water partition coefficient (Wildman–Crippen LogP) is 4.34. The van der Waals surface area contributed by atoms with Gasteiger partial charge in [0.1, 0.15) is 6.04 Å². The zero-order valence-electron chi connectivity index (χ0n) is 24.4. The Labute approximate surface area is 262 Å². The number of aromatic nitrogens is 1. The lowest BCUT2D eigenvalue weighted by Crippen LogP contribution is -2.40. The molecule has 11 heteroatoms. The second kappa shape index (κ2) is 13.0. The molecule has 2 aliphatic rings. The molecule has 4 aromatic rings. The van der Waals surface area contributed by atoms with Gasteiger partial charge in [-0.05, 0) is 74.0 Å². The number of thiazole rings is 1. The van der Waals surface area contributed by atoms with Gasteiger partial charge in [-0.3, -0.25) is 19.0 Å². The highest BCUT2D eigenvalue weighted by Crippen LogP contribution is 2.33. The number of para-hydroxylation sites is 1. The van der Waals surface area contributed by atoms with Crippen LogP contribution in [0.3, 0.4) is 0 Å². The number of nitrogens with one attached hydrogen (secondary N) is 1. The number of amides is 2. The van der Waals surface area contributed by atoms with E-state index in [-0.39, 0.29) is 24.0 Å². The van der Waals surface area contributed by atoms with Gasteiger partial charge in [0.05, 0.1) is 22.4 Å². The van der Waals surface area contributed by atoms with Crippen LogP contribution in [0.2, 0.25) is 0 Å². The molecule has 6 rings (SSSR count). The van der Waals surface area contributed by atoms with Crippen molar-refractivity contribution in [2.75, 3.05) is 31.6 Å². The number of carbonyl (C=O) groups excluding carboxylic acids is 2. The Bertz CT molecular complexity index is 1890. The molecule has 226 valence electrons. The number of hydrogen-bond donors (Lipinski definition) is 1. The number of hydrogen-bond acceptors (Lipinski definition) is 8. The summed E-state index contributed by atoms with van der Waals surface area (Å²) in [6, 6.07) is 17.9. The molecule has 4 heterocycles. The fourth-order valence-corrected chi connectivity index (χ4v) is 7.27. The maximum Gasteiger partial charge on any atom is 0.271 e. The molecule has 0 bridgehead atoms. The second-order valence-electron chi connectivity index (χ2n) is 10.4. The molecule has 0 unspecified atom stereocenters. The first-order chi connectivity index (χ1) is 21.4. The Morgan fingerprint density at radius 3 is 2.57 bits per heavy atom. The van der Waals surface area contributed by atoms with Crippen molar-refractivity contribution >= 4 is 46.3 Å². The largest absolute Gasteiger partial charge is 0.490 e. The monoisotopic (exact) mass is 628 g/mol. The molecular formula is C33H32N4O5S2. The van der Waals surface area contributed by atoms with Crippen LogP contribution >= 0.6 is 22.7 Å². The van der Waals surface area contributed by atoms with E-state index in [2.05, 4.69) is 5.32 Å². The lowest BCUT2D eigenvalue weighted by atomic mass is 10.0. The number of ether oxygens (including phenoxy) is 2. The summed E-state index contributed by atoms with van der Waals surface area (Å²) in [5, 5.41) is 4.90. The van der Waals surface area contributed by atoms with Crippen LogP contribution in [0.5, 0.6) is 11.5 Å². The third-order valence-corrected chi connectivity index (χ3v) is 9.39. The van der Waals surface area contributed by atoms with Crippen molar-refractivity contribution in [3.05, 3.63) is 107 Å². The predicted molar refractivity (Wildman–Crippen MR) is 172 cm³/mol. The fraction of sp³-hybridized carbons (Fsp3) is 0.273. The number of rotatable bonds is 9. The summed E-state index contributed by atoms with van der Waals surface area (Å²) in [6.45, 7) is 5.57. The standard InChI is InChI=1S/C33H32N4O5S2/c1-3-41-25-18-22(13-14-24(25)42-20-28(38)36-15-7-8-16-36)19-27-32(40)37-30(26-12-9-17-43-26)29(21(2)34-33(37)44-27)31(39)35-23-10-5-4-6-11-23/h4-6,9-14,17-19,30H,3,7-8,15-16,20H2,1-2H3,(H,35,39)/b27-19+/t30-/m1/s1. The van der Waals surface area contributed by atoms with Crippen molar-refractivity contribution in [3.8, 4) is 11.5 Å². The minimum atomic E-state index is -0.611. The van der Waals surface area contributed by atoms with Crippen molar-refractivity contribution in [3.63, 3.8) is 0 Å². The minimum Gasteiger partial charge on any atom is -0.490 e. The van der Waals surface area contributed by atoms with Gasteiger partial charge in [0.2, 0.25) is 0 Å². The molecule has 0 aliphatic carbocycles. The Kier molecular flexibility index (Phi) is 8.76. The smallest absolute Gasteiger partial charge is 0.271 e. The molecular weight excluding hydrogens is 597 g/mol. The highest BCUT2D eigenvalue weighted by molar-refractivity contribution is 7.10. The molecule has 0 saturated carbocycles. The van der Waals surface area contributed by atoms with E-state index >= 15 is 0 Å². The van der Waals surface area contributed by atoms with Gasteiger partial charge in [-0.1, -0.05) is 41.7 Å². The molecule has 2 aromatic heterocycles. The van der Waals surface area contributed by atoms with E-state index in [1.54, 1.807) is 29.7 Å². The van der Waals surface area contributed by atoms with Crippen molar-refractivity contribution < 1.29 is 19.1 Å². The number of benzene rings is 2. The Morgan fingerprint density at radius 2 is 1.84 bits per heavy atom. The van der Waals surface area contributed by atoms with Crippen LogP contribution in [-0.4, -0.2) is 47.6 Å². The zero-order chi connectivity index (χ0) is 30.6. The summed E-state index contributed by atoms with van der Waals surface area (Å²) >= 11 is 2.77. The molecule has 2 amide bonds. The van der Waals surface area contributed by atoms with Crippen LogP contribution in [0.15, 0.2) is 87.1 Å². The highest BCUT2D eigenvalue weighted by atomic mass is 32.1. The van der Waals surface area contributed by atoms with Gasteiger partial charge in [-0.2, -0.15) is 0 Å². The number of thiophene rings is 1. The highest BCUT2D eigenvalue weighted by Gasteiger charge is 2.33. The van der Waals surface area contributed by atoms with Crippen LogP contribution < -0.4 is 29.7 Å². The van der Waals surface area contributed by atoms with Gasteiger partial charge < -0.3 is 19.7 Å². The van der Waals surface area contributed by atoms with E-state index in [9.17, 15) is 14.4 Å². The second-order valence-corrected chi connectivity index (χ2v) is 12.4. The van der Waals surface area contributed by atoms with E-state index < -0.39 is 6.04 Å². The third-order valence-electron chi connectivity index (χ3n) is 7.49. The Morgan fingerprint density at radius 1 is 1.05 bits per heavy atom. The molecule has 1 saturated heterocycles. The summed E-state index contributed by atoms with van der Waals surface area (Å²) in [7, 11) is 0. The summed E-state index contributed by atoms with van der Waals surface area (Å²) in [4.78, 5) is 48.0. The van der Waals surface area contributed by atoms with Crippen LogP contribution in [-0.2, 0) is 9.59 Å². The van der Waals surface area contributed by atoms with Gasteiger partial charge in [0.15, 0.2) is 22.9 Å². The van der Waals surface area contributed by atoms with E-state index in [0.29, 0.717) is 44.4 Å². The summed E-state index contributed by atoms with van der Waals surface area (Å²) in [5.41, 5.74) is 2.16. The van der Waals surface area contributed by atoms with E-state index in [4.69, 9.17) is 14.5 Å². The number of likely N-dealkylation sites (tertiary alicyclic amines) is 1. The lowest BCUT2D eigenvalue weighted by molar-refractivity contribution is -0.132. The lowest BCUT2D eigenvalue weighted by Gasteiger charge is -2.24. The SMILES string of the molecule is CCOc1cc(/C=c2/sc3n(c2=O)[C@H](c2cccs2)C(C(=O)Nc2ccccc2)=C(C)N=3)ccc1OCC(=O)N1CCCC1. The van der Waals surface area contributed by atoms with Crippen molar-refractivity contribution in [1.29, 1.82) is 0 Å². The van der Waals surface area contributed by atoms with Gasteiger partial charge in [-0.15, -0.1) is 11.3 Å². The Hall–Kier alpha value is -4.48. The number of allylic oxidation sites excluding steroid dienone is 1. The molecule has 2 aromatic carbocycles. The molecule has 0 spiro atoms. The van der Waals surface area contributed by atoms with E-state index in [0.717, 1.165) is 36.4 Å². The summed E-state index contributed by atoms with van der Waals surface area (Å²) < 4.78 is 13.8. The van der Waals surface area contributed by atoms with Gasteiger partial charge in [0.25, 0.3) is 17.4 Å². The Balaban J connectivity index is 1.33.